The minimum Gasteiger partial charge on any atom is -0.210 e. The van der Waals surface area contributed by atoms with E-state index in [9.17, 15) is 12.8 Å². The summed E-state index contributed by atoms with van der Waals surface area (Å²) in [6.07, 6.45) is 0.448. The highest BCUT2D eigenvalue weighted by molar-refractivity contribution is 9.11. The Kier molecular flexibility index (Phi) is 4.72. The number of hydrogen-bond acceptors (Lipinski definition) is 3. The fraction of sp³-hybridized carbons (Fsp3) is 0.167. The van der Waals surface area contributed by atoms with Crippen molar-refractivity contribution in [2.45, 2.75) is 10.6 Å². The second kappa shape index (κ2) is 6.13. The summed E-state index contributed by atoms with van der Waals surface area (Å²) < 4.78 is 40.3. The molecule has 0 aliphatic heterocycles. The molecule has 3 nitrogen and oxygen atoms in total. The van der Waals surface area contributed by atoms with E-state index in [-0.39, 0.29) is 16.6 Å². The van der Waals surface area contributed by atoms with E-state index in [0.29, 0.717) is 6.42 Å². The molecule has 0 spiro atoms. The number of rotatable bonds is 5. The molecule has 7 heteroatoms. The third kappa shape index (κ3) is 4.10. The van der Waals surface area contributed by atoms with Crippen LogP contribution in [0.1, 0.15) is 5.56 Å². The summed E-state index contributed by atoms with van der Waals surface area (Å²) in [5.41, 5.74) is 0.759. The van der Waals surface area contributed by atoms with E-state index in [1.54, 1.807) is 24.3 Å². The fourth-order valence-corrected chi connectivity index (χ4v) is 4.62. The van der Waals surface area contributed by atoms with Crippen LogP contribution in [0.15, 0.2) is 44.4 Å². The number of benzene rings is 1. The summed E-state index contributed by atoms with van der Waals surface area (Å²) in [5, 5.41) is 0. The van der Waals surface area contributed by atoms with E-state index in [0.717, 1.165) is 20.7 Å². The number of thiophene rings is 1. The summed E-state index contributed by atoms with van der Waals surface area (Å²) in [6.45, 7) is 0.237. The average molecular weight is 364 g/mol. The van der Waals surface area contributed by atoms with Crippen molar-refractivity contribution >= 4 is 37.3 Å². The summed E-state index contributed by atoms with van der Waals surface area (Å²) >= 11 is 4.37. The maximum Gasteiger partial charge on any atom is 0.250 e. The molecule has 0 bridgehead atoms. The van der Waals surface area contributed by atoms with Crippen molar-refractivity contribution in [3.05, 3.63) is 51.6 Å². The number of hydrogen-bond donors (Lipinski definition) is 1. The zero-order valence-electron chi connectivity index (χ0n) is 9.77. The van der Waals surface area contributed by atoms with Gasteiger partial charge in [-0.15, -0.1) is 11.3 Å². The molecule has 1 aromatic heterocycles. The molecular formula is C12H11BrFNO2S2. The third-order valence-corrected chi connectivity index (χ3v) is 5.98. The van der Waals surface area contributed by atoms with Crippen LogP contribution < -0.4 is 4.72 Å². The van der Waals surface area contributed by atoms with Gasteiger partial charge in [-0.2, -0.15) is 0 Å². The normalized spacial score (nSPS) is 11.7. The smallest absolute Gasteiger partial charge is 0.210 e. The van der Waals surface area contributed by atoms with Crippen molar-refractivity contribution in [1.29, 1.82) is 0 Å². The summed E-state index contributed by atoms with van der Waals surface area (Å²) in [5.74, 6) is -0.317. The van der Waals surface area contributed by atoms with Gasteiger partial charge in [-0.05, 0) is 52.2 Å². The molecule has 2 aromatic rings. The molecule has 102 valence electrons. The second-order valence-corrected chi connectivity index (χ2v) is 8.29. The van der Waals surface area contributed by atoms with Crippen molar-refractivity contribution in [2.75, 3.05) is 6.54 Å². The number of sulfonamides is 1. The van der Waals surface area contributed by atoms with E-state index in [4.69, 9.17) is 0 Å². The Balaban J connectivity index is 1.96. The largest absolute Gasteiger partial charge is 0.250 e. The van der Waals surface area contributed by atoms with Crippen LogP contribution in [-0.2, 0) is 16.4 Å². The van der Waals surface area contributed by atoms with Gasteiger partial charge in [0.1, 0.15) is 10.0 Å². The molecular weight excluding hydrogens is 353 g/mol. The molecule has 0 radical (unpaired) electrons. The van der Waals surface area contributed by atoms with Crippen LogP contribution in [0.3, 0.4) is 0 Å². The zero-order chi connectivity index (χ0) is 13.9. The molecule has 0 fully saturated rings. The maximum atomic E-state index is 13.0. The van der Waals surface area contributed by atoms with E-state index in [2.05, 4.69) is 20.7 Å². The van der Waals surface area contributed by atoms with Crippen LogP contribution in [-0.4, -0.2) is 15.0 Å². The Morgan fingerprint density at radius 1 is 1.26 bits per heavy atom. The molecule has 2 rings (SSSR count). The van der Waals surface area contributed by atoms with Crippen LogP contribution in [0.4, 0.5) is 4.39 Å². The molecule has 1 N–H and O–H groups in total. The first-order valence-corrected chi connectivity index (χ1v) is 8.56. The summed E-state index contributed by atoms with van der Waals surface area (Å²) in [4.78, 5) is 0. The summed E-state index contributed by atoms with van der Waals surface area (Å²) in [7, 11) is -3.47. The van der Waals surface area contributed by atoms with E-state index in [1.807, 2.05) is 0 Å². The molecule has 0 aliphatic carbocycles. The Morgan fingerprint density at radius 3 is 2.68 bits per heavy atom. The van der Waals surface area contributed by atoms with Crippen molar-refractivity contribution < 1.29 is 12.8 Å². The molecule has 0 amide bonds. The lowest BCUT2D eigenvalue weighted by Crippen LogP contribution is -2.25. The van der Waals surface area contributed by atoms with Crippen LogP contribution in [0.2, 0.25) is 0 Å². The first-order valence-electron chi connectivity index (χ1n) is 5.47. The predicted molar refractivity (Wildman–Crippen MR) is 77.3 cm³/mol. The molecule has 0 aliphatic rings. The van der Waals surface area contributed by atoms with E-state index in [1.165, 1.54) is 12.1 Å². The van der Waals surface area contributed by atoms with Gasteiger partial charge < -0.3 is 0 Å². The monoisotopic (exact) mass is 363 g/mol. The predicted octanol–water partition coefficient (Wildman–Crippen LogP) is 3.17. The van der Waals surface area contributed by atoms with Gasteiger partial charge in [-0.1, -0.05) is 12.1 Å². The van der Waals surface area contributed by atoms with Gasteiger partial charge in [0.25, 0.3) is 0 Å². The quantitative estimate of drug-likeness (QED) is 0.886. The fourth-order valence-electron chi connectivity index (χ4n) is 1.54. The number of nitrogens with one attached hydrogen (secondary N) is 1. The highest BCUT2D eigenvalue weighted by Crippen LogP contribution is 2.25. The first-order chi connectivity index (χ1) is 8.97. The van der Waals surface area contributed by atoms with Gasteiger partial charge in [-0.25, -0.2) is 17.5 Å². The van der Waals surface area contributed by atoms with Gasteiger partial charge in [0.15, 0.2) is 0 Å². The van der Waals surface area contributed by atoms with Crippen LogP contribution in [0.25, 0.3) is 0 Å². The molecule has 0 saturated heterocycles. The van der Waals surface area contributed by atoms with Crippen LogP contribution in [0, 0.1) is 5.82 Å². The van der Waals surface area contributed by atoms with Gasteiger partial charge in [0.2, 0.25) is 10.0 Å². The van der Waals surface area contributed by atoms with Crippen molar-refractivity contribution in [1.82, 2.24) is 4.72 Å². The highest BCUT2D eigenvalue weighted by atomic mass is 79.9. The summed E-state index contributed by atoms with van der Waals surface area (Å²) in [6, 6.07) is 9.35. The SMILES string of the molecule is O=S(=O)(NCCc1cccc(F)c1)c1ccc(Br)s1. The third-order valence-electron chi connectivity index (χ3n) is 2.41. The minimum atomic E-state index is -3.47. The van der Waals surface area contributed by atoms with Crippen molar-refractivity contribution in [3.8, 4) is 0 Å². The molecule has 1 heterocycles. The van der Waals surface area contributed by atoms with Gasteiger partial charge in [0.05, 0.1) is 3.79 Å². The lowest BCUT2D eigenvalue weighted by molar-refractivity contribution is 0.583. The second-order valence-electron chi connectivity index (χ2n) is 3.84. The zero-order valence-corrected chi connectivity index (χ0v) is 13.0. The maximum absolute atomic E-state index is 13.0. The first kappa shape index (κ1) is 14.6. The van der Waals surface area contributed by atoms with Crippen molar-refractivity contribution in [2.24, 2.45) is 0 Å². The number of halogens is 2. The molecule has 1 aromatic carbocycles. The highest BCUT2D eigenvalue weighted by Gasteiger charge is 2.15. The van der Waals surface area contributed by atoms with E-state index < -0.39 is 10.0 Å². The molecule has 19 heavy (non-hydrogen) atoms. The Morgan fingerprint density at radius 2 is 2.05 bits per heavy atom. The topological polar surface area (TPSA) is 46.2 Å². The Labute approximate surface area is 123 Å². The van der Waals surface area contributed by atoms with Gasteiger partial charge >= 0.3 is 0 Å². The van der Waals surface area contributed by atoms with Gasteiger partial charge in [0, 0.05) is 6.54 Å². The Hall–Kier alpha value is -0.760. The van der Waals surface area contributed by atoms with E-state index >= 15 is 0 Å². The van der Waals surface area contributed by atoms with Gasteiger partial charge in [-0.3, -0.25) is 0 Å². The molecule has 0 unspecified atom stereocenters. The standard InChI is InChI=1S/C12H11BrFNO2S2/c13-11-4-5-12(18-11)19(16,17)15-7-6-9-2-1-3-10(14)8-9/h1-5,8,15H,6-7H2. The lowest BCUT2D eigenvalue weighted by atomic mass is 10.1. The van der Waals surface area contributed by atoms with Crippen LogP contribution >= 0.6 is 27.3 Å². The Bertz CT molecular complexity index is 670. The average Bonchev–Trinajstić information content (AvgIpc) is 2.76. The minimum absolute atomic E-state index is 0.237. The molecule has 0 atom stereocenters. The van der Waals surface area contributed by atoms with Crippen molar-refractivity contribution in [3.63, 3.8) is 0 Å². The lowest BCUT2D eigenvalue weighted by Gasteiger charge is -2.05. The molecule has 0 saturated carbocycles. The van der Waals surface area contributed by atoms with Crippen LogP contribution in [0.5, 0.6) is 0 Å².